The number of carbonyl (C=O) groups is 2. The van der Waals surface area contributed by atoms with E-state index in [9.17, 15) is 19.1 Å². The van der Waals surface area contributed by atoms with Crippen LogP contribution in [-0.4, -0.2) is 26.8 Å². The standard InChI is InChI=1S/C31H31FN4O3/c1-31(2,3)22-10-8-21(9-11-22)29(38)34-24-14-15-28(37)25(16-24)26-17-27(20-6-7-20)36(35-26)30(39)33-18-19-4-12-23(32)13-5-19/h4-5,8-17,20,37H,6-7,18H2,1-3H3,(H,33,39)(H,34,38). The molecule has 0 bridgehead atoms. The third-order valence-electron chi connectivity index (χ3n) is 6.83. The van der Waals surface area contributed by atoms with Gasteiger partial charge in [0, 0.05) is 29.3 Å². The van der Waals surface area contributed by atoms with E-state index in [-0.39, 0.29) is 35.4 Å². The molecule has 0 atom stereocenters. The number of rotatable bonds is 6. The molecule has 1 fully saturated rings. The summed E-state index contributed by atoms with van der Waals surface area (Å²) >= 11 is 0. The van der Waals surface area contributed by atoms with Crippen molar-refractivity contribution in [2.45, 2.75) is 51.5 Å². The summed E-state index contributed by atoms with van der Waals surface area (Å²) in [5.74, 6) is -0.406. The van der Waals surface area contributed by atoms with Gasteiger partial charge >= 0.3 is 6.03 Å². The van der Waals surface area contributed by atoms with E-state index >= 15 is 0 Å². The second-order valence-corrected chi connectivity index (χ2v) is 10.9. The van der Waals surface area contributed by atoms with Crippen LogP contribution in [0.25, 0.3) is 11.3 Å². The zero-order valence-electron chi connectivity index (χ0n) is 22.2. The first-order valence-electron chi connectivity index (χ1n) is 13.0. The molecule has 7 nitrogen and oxygen atoms in total. The van der Waals surface area contributed by atoms with Gasteiger partial charge in [0.1, 0.15) is 11.6 Å². The molecule has 2 amide bonds. The lowest BCUT2D eigenvalue weighted by atomic mass is 9.87. The molecule has 0 radical (unpaired) electrons. The Bertz CT molecular complexity index is 1520. The van der Waals surface area contributed by atoms with Crippen LogP contribution in [-0.2, 0) is 12.0 Å². The molecule has 0 aliphatic heterocycles. The van der Waals surface area contributed by atoms with Gasteiger partial charge in [-0.25, -0.2) is 9.18 Å². The molecule has 0 unspecified atom stereocenters. The Morgan fingerprint density at radius 3 is 2.33 bits per heavy atom. The monoisotopic (exact) mass is 526 g/mol. The molecule has 4 aromatic rings. The maximum atomic E-state index is 13.2. The molecule has 0 spiro atoms. The van der Waals surface area contributed by atoms with E-state index in [1.54, 1.807) is 42.5 Å². The van der Waals surface area contributed by atoms with Gasteiger partial charge in [0.15, 0.2) is 0 Å². The SMILES string of the molecule is CC(C)(C)c1ccc(C(=O)Nc2ccc(O)c(-c3cc(C4CC4)n(C(=O)NCc4ccc(F)cc4)n3)c2)cc1. The van der Waals surface area contributed by atoms with Crippen LogP contribution in [0, 0.1) is 5.82 Å². The zero-order chi connectivity index (χ0) is 27.7. The fourth-order valence-electron chi connectivity index (χ4n) is 4.36. The van der Waals surface area contributed by atoms with Crippen molar-refractivity contribution in [2.75, 3.05) is 5.32 Å². The summed E-state index contributed by atoms with van der Waals surface area (Å²) in [6.45, 7) is 6.57. The molecule has 0 saturated heterocycles. The van der Waals surface area contributed by atoms with Gasteiger partial charge < -0.3 is 15.7 Å². The summed E-state index contributed by atoms with van der Waals surface area (Å²) in [6.07, 6.45) is 1.90. The largest absolute Gasteiger partial charge is 0.507 e. The number of hydrogen-bond acceptors (Lipinski definition) is 4. The van der Waals surface area contributed by atoms with Crippen molar-refractivity contribution in [3.63, 3.8) is 0 Å². The van der Waals surface area contributed by atoms with Crippen molar-refractivity contribution in [2.24, 2.45) is 0 Å². The first-order valence-corrected chi connectivity index (χ1v) is 13.0. The van der Waals surface area contributed by atoms with Gasteiger partial charge in [0.2, 0.25) is 0 Å². The lowest BCUT2D eigenvalue weighted by Gasteiger charge is -2.19. The summed E-state index contributed by atoms with van der Waals surface area (Å²) in [7, 11) is 0. The smallest absolute Gasteiger partial charge is 0.342 e. The van der Waals surface area contributed by atoms with Crippen LogP contribution in [0.15, 0.2) is 72.8 Å². The molecule has 1 aliphatic carbocycles. The van der Waals surface area contributed by atoms with E-state index in [1.165, 1.54) is 22.9 Å². The molecule has 8 heteroatoms. The Hall–Kier alpha value is -4.46. The zero-order valence-corrected chi connectivity index (χ0v) is 22.2. The van der Waals surface area contributed by atoms with Crippen LogP contribution in [0.4, 0.5) is 14.9 Å². The van der Waals surface area contributed by atoms with Crippen LogP contribution >= 0.6 is 0 Å². The highest BCUT2D eigenvalue weighted by Crippen LogP contribution is 2.42. The molecular weight excluding hydrogens is 495 g/mol. The molecule has 1 saturated carbocycles. The third-order valence-corrected chi connectivity index (χ3v) is 6.83. The van der Waals surface area contributed by atoms with Gasteiger partial charge in [-0.1, -0.05) is 45.0 Å². The number of anilines is 1. The van der Waals surface area contributed by atoms with Gasteiger partial charge in [-0.05, 0) is 77.9 Å². The maximum Gasteiger partial charge on any atom is 0.342 e. The number of carbonyl (C=O) groups excluding carboxylic acids is 2. The quantitative estimate of drug-likeness (QED) is 0.247. The van der Waals surface area contributed by atoms with Gasteiger partial charge in [-0.3, -0.25) is 4.79 Å². The number of halogens is 1. The number of aromatic nitrogens is 2. The van der Waals surface area contributed by atoms with E-state index in [0.717, 1.165) is 29.7 Å². The lowest BCUT2D eigenvalue weighted by molar-refractivity contribution is 0.102. The molecular formula is C31H31FN4O3. The number of aromatic hydroxyl groups is 1. The predicted octanol–water partition coefficient (Wildman–Crippen LogP) is 6.58. The molecule has 1 aromatic heterocycles. The maximum absolute atomic E-state index is 13.2. The minimum atomic E-state index is -0.407. The molecule has 200 valence electrons. The summed E-state index contributed by atoms with van der Waals surface area (Å²) in [5.41, 5.74) is 4.50. The van der Waals surface area contributed by atoms with Gasteiger partial charge in [0.25, 0.3) is 5.91 Å². The average Bonchev–Trinajstić information content (AvgIpc) is 3.67. The van der Waals surface area contributed by atoms with Crippen LogP contribution in [0.3, 0.4) is 0 Å². The summed E-state index contributed by atoms with van der Waals surface area (Å²) < 4.78 is 14.5. The first-order chi connectivity index (χ1) is 18.6. The molecule has 3 N–H and O–H groups in total. The Morgan fingerprint density at radius 2 is 1.69 bits per heavy atom. The van der Waals surface area contributed by atoms with Gasteiger partial charge in [-0.2, -0.15) is 9.78 Å². The van der Waals surface area contributed by atoms with Gasteiger partial charge in [-0.15, -0.1) is 0 Å². The van der Waals surface area contributed by atoms with E-state index < -0.39 is 6.03 Å². The summed E-state index contributed by atoms with van der Waals surface area (Å²) in [5, 5.41) is 20.8. The van der Waals surface area contributed by atoms with Crippen molar-refractivity contribution in [3.05, 3.63) is 101 Å². The highest BCUT2D eigenvalue weighted by atomic mass is 19.1. The fraction of sp³-hybridized carbons (Fsp3) is 0.258. The van der Waals surface area contributed by atoms with Crippen LogP contribution in [0.1, 0.15) is 66.7 Å². The molecule has 1 aliphatic rings. The number of phenols is 1. The van der Waals surface area contributed by atoms with E-state index in [4.69, 9.17) is 0 Å². The van der Waals surface area contributed by atoms with E-state index in [1.807, 2.05) is 12.1 Å². The Balaban J connectivity index is 1.35. The van der Waals surface area contributed by atoms with Crippen molar-refractivity contribution in [1.29, 1.82) is 0 Å². The first kappa shape index (κ1) is 26.2. The van der Waals surface area contributed by atoms with Crippen molar-refractivity contribution in [3.8, 4) is 17.0 Å². The highest BCUT2D eigenvalue weighted by Gasteiger charge is 2.31. The fourth-order valence-corrected chi connectivity index (χ4v) is 4.36. The van der Waals surface area contributed by atoms with Crippen LogP contribution in [0.2, 0.25) is 0 Å². The molecule has 3 aromatic carbocycles. The Labute approximate surface area is 226 Å². The predicted molar refractivity (Wildman–Crippen MR) is 148 cm³/mol. The average molecular weight is 527 g/mol. The summed E-state index contributed by atoms with van der Waals surface area (Å²) in [4.78, 5) is 25.9. The number of phenolic OH excluding ortho intramolecular Hbond substituents is 1. The molecule has 39 heavy (non-hydrogen) atoms. The van der Waals surface area contributed by atoms with Gasteiger partial charge in [0.05, 0.1) is 11.4 Å². The lowest BCUT2D eigenvalue weighted by Crippen LogP contribution is -2.30. The molecule has 1 heterocycles. The van der Waals surface area contributed by atoms with E-state index in [0.29, 0.717) is 22.5 Å². The van der Waals surface area contributed by atoms with Crippen LogP contribution in [0.5, 0.6) is 5.75 Å². The topological polar surface area (TPSA) is 96.2 Å². The Morgan fingerprint density at radius 1 is 1.00 bits per heavy atom. The Kier molecular flexibility index (Phi) is 6.95. The number of benzene rings is 3. The normalized spacial score (nSPS) is 13.2. The molecule has 5 rings (SSSR count). The van der Waals surface area contributed by atoms with Crippen molar-refractivity contribution >= 4 is 17.6 Å². The minimum Gasteiger partial charge on any atom is -0.507 e. The van der Waals surface area contributed by atoms with Crippen LogP contribution < -0.4 is 10.6 Å². The second-order valence-electron chi connectivity index (χ2n) is 10.9. The number of amides is 2. The number of nitrogens with one attached hydrogen (secondary N) is 2. The number of hydrogen-bond donors (Lipinski definition) is 3. The number of nitrogens with zero attached hydrogens (tertiary/aromatic N) is 2. The van der Waals surface area contributed by atoms with Crippen molar-refractivity contribution in [1.82, 2.24) is 15.1 Å². The second kappa shape index (κ2) is 10.4. The minimum absolute atomic E-state index is 0.0124. The highest BCUT2D eigenvalue weighted by molar-refractivity contribution is 6.04. The van der Waals surface area contributed by atoms with Crippen molar-refractivity contribution < 1.29 is 19.1 Å². The van der Waals surface area contributed by atoms with E-state index in [2.05, 4.69) is 36.5 Å². The third kappa shape index (κ3) is 6.00. The summed E-state index contributed by atoms with van der Waals surface area (Å²) in [6, 6.07) is 19.6.